The summed E-state index contributed by atoms with van der Waals surface area (Å²) in [6.45, 7) is 5.37. The Hall–Kier alpha value is -1.10. The second-order valence-corrected chi connectivity index (χ2v) is 5.81. The maximum atomic E-state index is 13.7. The van der Waals surface area contributed by atoms with Crippen LogP contribution in [0.5, 0.6) is 0 Å². The van der Waals surface area contributed by atoms with Gasteiger partial charge < -0.3 is 10.6 Å². The van der Waals surface area contributed by atoms with Crippen LogP contribution in [0.4, 0.5) is 4.39 Å². The van der Waals surface area contributed by atoms with Gasteiger partial charge in [-0.15, -0.1) is 0 Å². The van der Waals surface area contributed by atoms with E-state index in [1.165, 1.54) is 12.5 Å². The van der Waals surface area contributed by atoms with Crippen molar-refractivity contribution in [2.45, 2.75) is 32.9 Å². The van der Waals surface area contributed by atoms with Crippen molar-refractivity contribution >= 4 is 21.9 Å². The van der Waals surface area contributed by atoms with Crippen LogP contribution in [0.25, 0.3) is 0 Å². The fraction of sp³-hybridized carbons (Fsp3) is 0.500. The highest BCUT2D eigenvalue weighted by molar-refractivity contribution is 9.10. The van der Waals surface area contributed by atoms with Crippen molar-refractivity contribution < 1.29 is 4.39 Å². The van der Waals surface area contributed by atoms with Gasteiger partial charge in [0.2, 0.25) is 0 Å². The summed E-state index contributed by atoms with van der Waals surface area (Å²) in [5.41, 5.74) is 0.601. The normalized spacial score (nSPS) is 22.2. The molecule has 0 heterocycles. The average molecular weight is 328 g/mol. The molecule has 0 saturated heterocycles. The number of guanidine groups is 1. The largest absolute Gasteiger partial charge is 0.357 e. The van der Waals surface area contributed by atoms with Crippen molar-refractivity contribution in [2.75, 3.05) is 6.54 Å². The highest BCUT2D eigenvalue weighted by Crippen LogP contribution is 2.28. The number of nitrogens with zero attached hydrogens (tertiary/aromatic N) is 1. The van der Waals surface area contributed by atoms with Gasteiger partial charge in [-0.1, -0.05) is 28.9 Å². The lowest BCUT2D eigenvalue weighted by molar-refractivity contribution is 0.609. The summed E-state index contributed by atoms with van der Waals surface area (Å²) in [5.74, 6) is 1.24. The van der Waals surface area contributed by atoms with Gasteiger partial charge in [0.25, 0.3) is 0 Å². The lowest BCUT2D eigenvalue weighted by Gasteiger charge is -2.11. The predicted molar refractivity (Wildman–Crippen MR) is 79.6 cm³/mol. The minimum Gasteiger partial charge on any atom is -0.357 e. The first-order chi connectivity index (χ1) is 9.10. The zero-order chi connectivity index (χ0) is 13.8. The van der Waals surface area contributed by atoms with E-state index in [4.69, 9.17) is 0 Å². The van der Waals surface area contributed by atoms with E-state index in [9.17, 15) is 4.39 Å². The Balaban J connectivity index is 2.00. The molecule has 0 aliphatic heterocycles. The fourth-order valence-electron chi connectivity index (χ4n) is 1.83. The minimum absolute atomic E-state index is 0.228. The summed E-state index contributed by atoms with van der Waals surface area (Å²) in [6, 6.07) is 5.56. The third kappa shape index (κ3) is 4.20. The van der Waals surface area contributed by atoms with Crippen molar-refractivity contribution in [1.82, 2.24) is 10.6 Å². The average Bonchev–Trinajstić information content (AvgIpc) is 3.04. The van der Waals surface area contributed by atoms with Crippen LogP contribution in [-0.2, 0) is 6.54 Å². The molecule has 2 unspecified atom stereocenters. The summed E-state index contributed by atoms with van der Waals surface area (Å²) in [4.78, 5) is 4.43. The summed E-state index contributed by atoms with van der Waals surface area (Å²) in [5, 5.41) is 6.53. The number of halogens is 2. The molecular weight excluding hydrogens is 309 g/mol. The first kappa shape index (κ1) is 14.3. The number of benzene rings is 1. The van der Waals surface area contributed by atoms with Crippen molar-refractivity contribution in [1.29, 1.82) is 0 Å². The predicted octanol–water partition coefficient (Wildman–Crippen LogP) is 3.05. The molecule has 1 aliphatic carbocycles. The summed E-state index contributed by atoms with van der Waals surface area (Å²) < 4.78 is 14.4. The van der Waals surface area contributed by atoms with Gasteiger partial charge >= 0.3 is 0 Å². The molecule has 5 heteroatoms. The number of nitrogens with one attached hydrogen (secondary N) is 2. The first-order valence-corrected chi connectivity index (χ1v) is 7.38. The monoisotopic (exact) mass is 327 g/mol. The zero-order valence-electron chi connectivity index (χ0n) is 11.2. The third-order valence-electron chi connectivity index (χ3n) is 3.20. The Bertz CT molecular complexity index is 476. The molecular formula is C14H19BrFN3. The summed E-state index contributed by atoms with van der Waals surface area (Å²) in [6.07, 6.45) is 1.18. The zero-order valence-corrected chi connectivity index (χ0v) is 12.8. The molecule has 2 atom stereocenters. The molecule has 1 fully saturated rings. The maximum absolute atomic E-state index is 13.7. The lowest BCUT2D eigenvalue weighted by Crippen LogP contribution is -2.39. The lowest BCUT2D eigenvalue weighted by atomic mass is 10.2. The molecule has 0 aromatic heterocycles. The summed E-state index contributed by atoms with van der Waals surface area (Å²) >= 11 is 3.25. The quantitative estimate of drug-likeness (QED) is 0.658. The Labute approximate surface area is 121 Å². The van der Waals surface area contributed by atoms with Crippen molar-refractivity contribution in [3.8, 4) is 0 Å². The number of rotatable bonds is 4. The van der Waals surface area contributed by atoms with Crippen LogP contribution in [-0.4, -0.2) is 18.5 Å². The highest BCUT2D eigenvalue weighted by Gasteiger charge is 2.33. The van der Waals surface area contributed by atoms with Gasteiger partial charge in [0, 0.05) is 22.6 Å². The van der Waals surface area contributed by atoms with Gasteiger partial charge in [0.15, 0.2) is 5.96 Å². The topological polar surface area (TPSA) is 36.4 Å². The molecule has 1 aromatic rings. The maximum Gasteiger partial charge on any atom is 0.191 e. The van der Waals surface area contributed by atoms with Gasteiger partial charge in [-0.05, 0) is 31.4 Å². The molecule has 1 aromatic carbocycles. The second-order valence-electron chi connectivity index (χ2n) is 4.89. The van der Waals surface area contributed by atoms with Gasteiger partial charge in [-0.25, -0.2) is 9.38 Å². The molecule has 0 spiro atoms. The summed E-state index contributed by atoms with van der Waals surface area (Å²) in [7, 11) is 0. The standard InChI is InChI=1S/C14H19BrFN3/c1-3-17-14(19-13-6-9(13)2)18-8-10-4-5-11(15)7-12(10)16/h4-5,7,9,13H,3,6,8H2,1-2H3,(H2,17,18,19). The highest BCUT2D eigenvalue weighted by atomic mass is 79.9. The van der Waals surface area contributed by atoms with Gasteiger partial charge in [0.1, 0.15) is 5.82 Å². The van der Waals surface area contributed by atoms with Gasteiger partial charge in [-0.2, -0.15) is 0 Å². The third-order valence-corrected chi connectivity index (χ3v) is 3.69. The van der Waals surface area contributed by atoms with Crippen molar-refractivity contribution in [3.63, 3.8) is 0 Å². The molecule has 104 valence electrons. The van der Waals surface area contributed by atoms with Crippen LogP contribution >= 0.6 is 15.9 Å². The Morgan fingerprint density at radius 2 is 2.26 bits per heavy atom. The molecule has 19 heavy (non-hydrogen) atoms. The van der Waals surface area contributed by atoms with E-state index in [0.29, 0.717) is 24.1 Å². The van der Waals surface area contributed by atoms with E-state index in [2.05, 4.69) is 38.5 Å². The van der Waals surface area contributed by atoms with E-state index >= 15 is 0 Å². The molecule has 0 radical (unpaired) electrons. The smallest absolute Gasteiger partial charge is 0.191 e. The number of aliphatic imine (C=N–C) groups is 1. The number of hydrogen-bond acceptors (Lipinski definition) is 1. The van der Waals surface area contributed by atoms with Crippen molar-refractivity contribution in [3.05, 3.63) is 34.1 Å². The minimum atomic E-state index is -0.228. The molecule has 2 rings (SSSR count). The van der Waals surface area contributed by atoms with Crippen LogP contribution in [0, 0.1) is 11.7 Å². The van der Waals surface area contributed by atoms with Crippen LogP contribution in [0.15, 0.2) is 27.7 Å². The van der Waals surface area contributed by atoms with E-state index < -0.39 is 0 Å². The van der Waals surface area contributed by atoms with Crippen LogP contribution in [0.2, 0.25) is 0 Å². The number of hydrogen-bond donors (Lipinski definition) is 2. The van der Waals surface area contributed by atoms with E-state index in [1.807, 2.05) is 13.0 Å². The SMILES string of the molecule is CCNC(=NCc1ccc(Br)cc1F)NC1CC1C. The fourth-order valence-corrected chi connectivity index (χ4v) is 2.17. The molecule has 0 bridgehead atoms. The second kappa shape index (κ2) is 6.37. The van der Waals surface area contributed by atoms with Crippen LogP contribution < -0.4 is 10.6 Å². The van der Waals surface area contributed by atoms with Gasteiger partial charge in [-0.3, -0.25) is 0 Å². The van der Waals surface area contributed by atoms with Gasteiger partial charge in [0.05, 0.1) is 6.54 Å². The van der Waals surface area contributed by atoms with Crippen LogP contribution in [0.1, 0.15) is 25.8 Å². The van der Waals surface area contributed by atoms with Crippen LogP contribution in [0.3, 0.4) is 0 Å². The Morgan fingerprint density at radius 1 is 1.53 bits per heavy atom. The molecule has 1 aliphatic rings. The molecule has 0 amide bonds. The Kier molecular flexibility index (Phi) is 4.80. The molecule has 1 saturated carbocycles. The Morgan fingerprint density at radius 3 is 2.84 bits per heavy atom. The van der Waals surface area contributed by atoms with Crippen molar-refractivity contribution in [2.24, 2.45) is 10.9 Å². The van der Waals surface area contributed by atoms with E-state index in [1.54, 1.807) is 6.07 Å². The first-order valence-electron chi connectivity index (χ1n) is 6.59. The van der Waals surface area contributed by atoms with E-state index in [-0.39, 0.29) is 5.82 Å². The molecule has 3 nitrogen and oxygen atoms in total. The van der Waals surface area contributed by atoms with E-state index in [0.717, 1.165) is 17.0 Å². The molecule has 2 N–H and O–H groups in total.